The van der Waals surface area contributed by atoms with Gasteiger partial charge in [-0.15, -0.1) is 0 Å². The number of rotatable bonds is 5. The van der Waals surface area contributed by atoms with Crippen LogP contribution in [0.1, 0.15) is 31.7 Å². The molecule has 0 radical (unpaired) electrons. The van der Waals surface area contributed by atoms with Crippen LogP contribution in [0.4, 0.5) is 0 Å². The number of aryl methyl sites for hydroxylation is 1. The Morgan fingerprint density at radius 3 is 3.00 bits per heavy atom. The first-order chi connectivity index (χ1) is 10.8. The molecule has 0 saturated carbocycles. The van der Waals surface area contributed by atoms with Crippen LogP contribution in [0.5, 0.6) is 0 Å². The lowest BCUT2D eigenvalue weighted by atomic mass is 9.91. The summed E-state index contributed by atoms with van der Waals surface area (Å²) in [5.41, 5.74) is 3.58. The van der Waals surface area contributed by atoms with E-state index >= 15 is 0 Å². The van der Waals surface area contributed by atoms with E-state index in [0.717, 1.165) is 36.7 Å². The van der Waals surface area contributed by atoms with Crippen LogP contribution in [0.25, 0.3) is 11.4 Å². The first-order valence-corrected chi connectivity index (χ1v) is 8.42. The standard InChI is InChI=1S/C18H26N4/c1-3-10-22-18(7-9-20-22)17-13-15(6-8-19-17)12-16-5-4-11-21(2)14-16/h6-9,13,16H,3-5,10-12,14H2,1-2H3/t16-/m1/s1. The van der Waals surface area contributed by atoms with Crippen molar-refractivity contribution in [3.05, 3.63) is 36.2 Å². The Morgan fingerprint density at radius 2 is 2.18 bits per heavy atom. The number of hydrogen-bond acceptors (Lipinski definition) is 3. The summed E-state index contributed by atoms with van der Waals surface area (Å²) >= 11 is 0. The maximum atomic E-state index is 4.56. The molecule has 118 valence electrons. The highest BCUT2D eigenvalue weighted by Gasteiger charge is 2.18. The van der Waals surface area contributed by atoms with Crippen LogP contribution in [-0.4, -0.2) is 39.8 Å². The summed E-state index contributed by atoms with van der Waals surface area (Å²) in [4.78, 5) is 7.01. The third-order valence-corrected chi connectivity index (χ3v) is 4.49. The number of pyridine rings is 1. The molecule has 2 aromatic rings. The molecule has 0 aliphatic carbocycles. The van der Waals surface area contributed by atoms with Crippen LogP contribution in [0, 0.1) is 5.92 Å². The van der Waals surface area contributed by atoms with Crippen molar-refractivity contribution in [2.24, 2.45) is 5.92 Å². The van der Waals surface area contributed by atoms with Crippen molar-refractivity contribution < 1.29 is 0 Å². The van der Waals surface area contributed by atoms with Crippen molar-refractivity contribution >= 4 is 0 Å². The molecule has 3 rings (SSSR count). The van der Waals surface area contributed by atoms with E-state index in [0.29, 0.717) is 0 Å². The van der Waals surface area contributed by atoms with Gasteiger partial charge in [-0.1, -0.05) is 6.92 Å². The van der Waals surface area contributed by atoms with E-state index in [1.54, 1.807) is 0 Å². The number of nitrogens with zero attached hydrogens (tertiary/aromatic N) is 4. The second-order valence-electron chi connectivity index (χ2n) is 6.46. The fraction of sp³-hybridized carbons (Fsp3) is 0.556. The van der Waals surface area contributed by atoms with Crippen LogP contribution >= 0.6 is 0 Å². The number of aromatic nitrogens is 3. The molecule has 0 unspecified atom stereocenters. The molecule has 1 aliphatic rings. The van der Waals surface area contributed by atoms with E-state index in [4.69, 9.17) is 0 Å². The zero-order valence-corrected chi connectivity index (χ0v) is 13.7. The third kappa shape index (κ3) is 3.55. The SMILES string of the molecule is CCCn1nccc1-c1cc(C[C@H]2CCCN(C)C2)ccn1. The molecular formula is C18H26N4. The van der Waals surface area contributed by atoms with E-state index < -0.39 is 0 Å². The Balaban J connectivity index is 1.76. The first-order valence-electron chi connectivity index (χ1n) is 8.42. The highest BCUT2D eigenvalue weighted by atomic mass is 15.3. The quantitative estimate of drug-likeness (QED) is 0.850. The summed E-state index contributed by atoms with van der Waals surface area (Å²) in [6.45, 7) is 5.58. The average molecular weight is 298 g/mol. The monoisotopic (exact) mass is 298 g/mol. The lowest BCUT2D eigenvalue weighted by Crippen LogP contribution is -2.32. The molecule has 0 amide bonds. The van der Waals surface area contributed by atoms with E-state index in [2.05, 4.69) is 51.8 Å². The Labute approximate surface area is 133 Å². The van der Waals surface area contributed by atoms with Gasteiger partial charge in [0.2, 0.25) is 0 Å². The fourth-order valence-electron chi connectivity index (χ4n) is 3.45. The Kier molecular flexibility index (Phi) is 4.88. The van der Waals surface area contributed by atoms with Gasteiger partial charge in [-0.2, -0.15) is 5.10 Å². The fourth-order valence-corrected chi connectivity index (χ4v) is 3.45. The Morgan fingerprint density at radius 1 is 1.27 bits per heavy atom. The molecular weight excluding hydrogens is 272 g/mol. The van der Waals surface area contributed by atoms with Gasteiger partial charge in [-0.3, -0.25) is 9.67 Å². The molecule has 1 saturated heterocycles. The van der Waals surface area contributed by atoms with Crippen molar-refractivity contribution in [3.63, 3.8) is 0 Å². The van der Waals surface area contributed by atoms with Crippen molar-refractivity contribution in [3.8, 4) is 11.4 Å². The molecule has 4 nitrogen and oxygen atoms in total. The molecule has 4 heteroatoms. The van der Waals surface area contributed by atoms with E-state index in [1.165, 1.54) is 31.5 Å². The minimum absolute atomic E-state index is 0.773. The zero-order valence-electron chi connectivity index (χ0n) is 13.7. The van der Waals surface area contributed by atoms with Gasteiger partial charge in [0.1, 0.15) is 0 Å². The van der Waals surface area contributed by atoms with Gasteiger partial charge >= 0.3 is 0 Å². The third-order valence-electron chi connectivity index (χ3n) is 4.49. The molecule has 1 fully saturated rings. The van der Waals surface area contributed by atoms with Crippen LogP contribution in [0.3, 0.4) is 0 Å². The molecule has 3 heterocycles. The second-order valence-corrected chi connectivity index (χ2v) is 6.46. The minimum Gasteiger partial charge on any atom is -0.306 e. The Bertz CT molecular complexity index is 605. The second kappa shape index (κ2) is 7.05. The van der Waals surface area contributed by atoms with Gasteiger partial charge in [0.15, 0.2) is 0 Å². The van der Waals surface area contributed by atoms with Gasteiger partial charge in [0.25, 0.3) is 0 Å². The summed E-state index contributed by atoms with van der Waals surface area (Å²) in [5, 5.41) is 4.41. The van der Waals surface area contributed by atoms with Crippen molar-refractivity contribution in [1.29, 1.82) is 0 Å². The van der Waals surface area contributed by atoms with Gasteiger partial charge in [0.05, 0.1) is 11.4 Å². The van der Waals surface area contributed by atoms with Crippen LogP contribution in [-0.2, 0) is 13.0 Å². The molecule has 0 bridgehead atoms. The summed E-state index contributed by atoms with van der Waals surface area (Å²) < 4.78 is 2.06. The minimum atomic E-state index is 0.773. The van der Waals surface area contributed by atoms with Gasteiger partial charge in [-0.05, 0) is 69.0 Å². The summed E-state index contributed by atoms with van der Waals surface area (Å²) in [6, 6.07) is 6.48. The van der Waals surface area contributed by atoms with Crippen LogP contribution < -0.4 is 0 Å². The normalized spacial score (nSPS) is 19.5. The molecule has 22 heavy (non-hydrogen) atoms. The number of likely N-dealkylation sites (tertiary alicyclic amines) is 1. The topological polar surface area (TPSA) is 34.0 Å². The summed E-state index contributed by atoms with van der Waals surface area (Å²) in [6.07, 6.45) is 8.72. The molecule has 1 aliphatic heterocycles. The van der Waals surface area contributed by atoms with Crippen molar-refractivity contribution in [1.82, 2.24) is 19.7 Å². The van der Waals surface area contributed by atoms with Gasteiger partial charge in [0, 0.05) is 25.5 Å². The van der Waals surface area contributed by atoms with Crippen LogP contribution in [0.15, 0.2) is 30.6 Å². The van der Waals surface area contributed by atoms with Gasteiger partial charge < -0.3 is 4.90 Å². The highest BCUT2D eigenvalue weighted by Crippen LogP contribution is 2.23. The van der Waals surface area contributed by atoms with Gasteiger partial charge in [-0.25, -0.2) is 0 Å². The molecule has 1 atom stereocenters. The maximum Gasteiger partial charge on any atom is 0.0885 e. The molecule has 0 spiro atoms. The predicted molar refractivity (Wildman–Crippen MR) is 89.7 cm³/mol. The summed E-state index contributed by atoms with van der Waals surface area (Å²) in [5.74, 6) is 0.773. The van der Waals surface area contributed by atoms with E-state index in [9.17, 15) is 0 Å². The number of hydrogen-bond donors (Lipinski definition) is 0. The lowest BCUT2D eigenvalue weighted by Gasteiger charge is -2.29. The number of piperidine rings is 1. The molecule has 2 aromatic heterocycles. The Hall–Kier alpha value is -1.68. The molecule has 0 N–H and O–H groups in total. The maximum absolute atomic E-state index is 4.56. The lowest BCUT2D eigenvalue weighted by molar-refractivity contribution is 0.209. The molecule has 0 aromatic carbocycles. The zero-order chi connectivity index (χ0) is 15.4. The van der Waals surface area contributed by atoms with Crippen molar-refractivity contribution in [2.75, 3.05) is 20.1 Å². The van der Waals surface area contributed by atoms with Crippen molar-refractivity contribution in [2.45, 2.75) is 39.2 Å². The largest absolute Gasteiger partial charge is 0.306 e. The first kappa shape index (κ1) is 15.2. The highest BCUT2D eigenvalue weighted by molar-refractivity contribution is 5.55. The summed E-state index contributed by atoms with van der Waals surface area (Å²) in [7, 11) is 2.23. The predicted octanol–water partition coefficient (Wildman–Crippen LogP) is 3.24. The van der Waals surface area contributed by atoms with Crippen LogP contribution in [0.2, 0.25) is 0 Å². The smallest absolute Gasteiger partial charge is 0.0885 e. The van der Waals surface area contributed by atoms with E-state index in [1.807, 2.05) is 12.4 Å². The average Bonchev–Trinajstić information content (AvgIpc) is 2.96. The van der Waals surface area contributed by atoms with E-state index in [-0.39, 0.29) is 0 Å².